The number of hydrogen-bond donors (Lipinski definition) is 0. The molecule has 8 heteroatoms. The molecule has 1 aromatic carbocycles. The van der Waals surface area contributed by atoms with E-state index in [1.165, 1.54) is 10.5 Å². The van der Waals surface area contributed by atoms with Gasteiger partial charge in [-0.3, -0.25) is 4.98 Å². The van der Waals surface area contributed by atoms with Crippen LogP contribution in [0.1, 0.15) is 12.0 Å². The molecular formula is C17H19ClN2O4S. The number of nitrogens with zero attached hydrogens (tertiary/aromatic N) is 2. The fraction of sp³-hybridized carbons (Fsp3) is 0.353. The molecule has 6 nitrogen and oxygen atoms in total. The Morgan fingerprint density at radius 2 is 2.08 bits per heavy atom. The Bertz CT molecular complexity index is 873. The average molecular weight is 383 g/mol. The number of aryl methyl sites for hydroxylation is 1. The molecule has 134 valence electrons. The van der Waals surface area contributed by atoms with Crippen LogP contribution >= 0.6 is 11.6 Å². The number of benzene rings is 1. The SMILES string of the molecule is COc1ccc(S(=O)(=O)N2CC[C@@H](Oc3ccncc3Cl)C2)cc1C. The van der Waals surface area contributed by atoms with Crippen molar-refractivity contribution in [2.45, 2.75) is 24.3 Å². The average Bonchev–Trinajstić information content (AvgIpc) is 3.06. The maximum Gasteiger partial charge on any atom is 0.243 e. The number of ether oxygens (including phenoxy) is 2. The normalized spacial score (nSPS) is 18.3. The van der Waals surface area contributed by atoms with Crippen molar-refractivity contribution in [1.82, 2.24) is 9.29 Å². The van der Waals surface area contributed by atoms with Gasteiger partial charge in [0.2, 0.25) is 10.0 Å². The largest absolute Gasteiger partial charge is 0.496 e. The topological polar surface area (TPSA) is 68.7 Å². The van der Waals surface area contributed by atoms with E-state index in [-0.39, 0.29) is 17.5 Å². The number of pyridine rings is 1. The number of sulfonamides is 1. The third kappa shape index (κ3) is 3.73. The summed E-state index contributed by atoms with van der Waals surface area (Å²) in [5, 5.41) is 0.412. The second-order valence-corrected chi connectivity index (χ2v) is 8.17. The summed E-state index contributed by atoms with van der Waals surface area (Å²) in [4.78, 5) is 4.16. The molecule has 1 aliphatic heterocycles. The minimum atomic E-state index is -3.57. The van der Waals surface area contributed by atoms with Gasteiger partial charge in [-0.1, -0.05) is 11.6 Å². The molecule has 1 fully saturated rings. The predicted molar refractivity (Wildman–Crippen MR) is 94.8 cm³/mol. The Hall–Kier alpha value is -1.83. The number of halogens is 1. The monoisotopic (exact) mass is 382 g/mol. The van der Waals surface area contributed by atoms with Gasteiger partial charge in [0.25, 0.3) is 0 Å². The molecule has 1 saturated heterocycles. The van der Waals surface area contributed by atoms with E-state index >= 15 is 0 Å². The second-order valence-electron chi connectivity index (χ2n) is 5.83. The van der Waals surface area contributed by atoms with Crippen molar-refractivity contribution < 1.29 is 17.9 Å². The van der Waals surface area contributed by atoms with Gasteiger partial charge in [-0.05, 0) is 37.1 Å². The van der Waals surface area contributed by atoms with E-state index < -0.39 is 10.0 Å². The van der Waals surface area contributed by atoms with Gasteiger partial charge in [0.1, 0.15) is 22.6 Å². The number of aromatic nitrogens is 1. The van der Waals surface area contributed by atoms with E-state index in [2.05, 4.69) is 4.98 Å². The van der Waals surface area contributed by atoms with Crippen molar-refractivity contribution in [2.24, 2.45) is 0 Å². The van der Waals surface area contributed by atoms with Gasteiger partial charge in [-0.25, -0.2) is 8.42 Å². The van der Waals surface area contributed by atoms with Crippen LogP contribution in [0.15, 0.2) is 41.6 Å². The first-order chi connectivity index (χ1) is 11.9. The number of hydrogen-bond acceptors (Lipinski definition) is 5. The molecule has 3 rings (SSSR count). The summed E-state index contributed by atoms with van der Waals surface area (Å²) in [6.45, 7) is 2.51. The van der Waals surface area contributed by atoms with E-state index in [9.17, 15) is 8.42 Å². The molecule has 1 aliphatic rings. The Kier molecular flexibility index (Phi) is 5.17. The minimum absolute atomic E-state index is 0.242. The van der Waals surface area contributed by atoms with Crippen molar-refractivity contribution in [3.63, 3.8) is 0 Å². The van der Waals surface area contributed by atoms with E-state index in [1.54, 1.807) is 37.6 Å². The van der Waals surface area contributed by atoms with Crippen molar-refractivity contribution >= 4 is 21.6 Å². The van der Waals surface area contributed by atoms with Crippen molar-refractivity contribution in [1.29, 1.82) is 0 Å². The molecule has 0 aliphatic carbocycles. The maximum atomic E-state index is 12.8. The molecule has 0 spiro atoms. The second kappa shape index (κ2) is 7.19. The summed E-state index contributed by atoms with van der Waals surface area (Å²) >= 11 is 6.04. The van der Waals surface area contributed by atoms with Crippen LogP contribution in [-0.2, 0) is 10.0 Å². The van der Waals surface area contributed by atoms with Crippen LogP contribution in [0.2, 0.25) is 5.02 Å². The quantitative estimate of drug-likeness (QED) is 0.795. The lowest BCUT2D eigenvalue weighted by Gasteiger charge is -2.18. The molecule has 1 atom stereocenters. The number of methoxy groups -OCH3 is 1. The van der Waals surface area contributed by atoms with Crippen LogP contribution in [0, 0.1) is 6.92 Å². The third-order valence-electron chi connectivity index (χ3n) is 4.14. The van der Waals surface area contributed by atoms with Gasteiger partial charge in [-0.15, -0.1) is 0 Å². The van der Waals surface area contributed by atoms with Gasteiger partial charge in [0.15, 0.2) is 0 Å². The first kappa shape index (κ1) is 18.0. The molecule has 2 heterocycles. The lowest BCUT2D eigenvalue weighted by Crippen LogP contribution is -2.31. The van der Waals surface area contributed by atoms with Crippen LogP contribution in [0.25, 0.3) is 0 Å². The summed E-state index contributed by atoms with van der Waals surface area (Å²) in [6.07, 6.45) is 3.45. The summed E-state index contributed by atoms with van der Waals surface area (Å²) in [5.41, 5.74) is 0.777. The van der Waals surface area contributed by atoms with Crippen LogP contribution in [-0.4, -0.2) is 44.0 Å². The Morgan fingerprint density at radius 1 is 1.28 bits per heavy atom. The summed E-state index contributed by atoms with van der Waals surface area (Å²) in [6, 6.07) is 6.53. The maximum absolute atomic E-state index is 12.8. The van der Waals surface area contributed by atoms with E-state index in [4.69, 9.17) is 21.1 Å². The van der Waals surface area contributed by atoms with Gasteiger partial charge < -0.3 is 9.47 Å². The number of rotatable bonds is 5. The molecule has 25 heavy (non-hydrogen) atoms. The van der Waals surface area contributed by atoms with Crippen molar-refractivity contribution in [3.05, 3.63) is 47.2 Å². The van der Waals surface area contributed by atoms with Gasteiger partial charge in [-0.2, -0.15) is 4.31 Å². The first-order valence-electron chi connectivity index (χ1n) is 7.83. The summed E-state index contributed by atoms with van der Waals surface area (Å²) in [5.74, 6) is 1.18. The van der Waals surface area contributed by atoms with Crippen molar-refractivity contribution in [3.8, 4) is 11.5 Å². The van der Waals surface area contributed by atoms with Crippen LogP contribution in [0.5, 0.6) is 11.5 Å². The summed E-state index contributed by atoms with van der Waals surface area (Å²) in [7, 11) is -2.01. The van der Waals surface area contributed by atoms with E-state index in [0.717, 1.165) is 5.56 Å². The third-order valence-corrected chi connectivity index (χ3v) is 6.29. The fourth-order valence-corrected chi connectivity index (χ4v) is 4.55. The molecule has 0 unspecified atom stereocenters. The molecule has 0 bridgehead atoms. The smallest absolute Gasteiger partial charge is 0.243 e. The van der Waals surface area contributed by atoms with Gasteiger partial charge >= 0.3 is 0 Å². The van der Waals surface area contributed by atoms with E-state index in [0.29, 0.717) is 29.5 Å². The highest BCUT2D eigenvalue weighted by molar-refractivity contribution is 7.89. The zero-order chi connectivity index (χ0) is 18.0. The lowest BCUT2D eigenvalue weighted by molar-refractivity contribution is 0.215. The molecule has 0 saturated carbocycles. The highest BCUT2D eigenvalue weighted by atomic mass is 35.5. The Morgan fingerprint density at radius 3 is 2.76 bits per heavy atom. The van der Waals surface area contributed by atoms with Gasteiger partial charge in [0.05, 0.1) is 18.6 Å². The highest BCUT2D eigenvalue weighted by Gasteiger charge is 2.34. The fourth-order valence-electron chi connectivity index (χ4n) is 2.81. The Balaban J connectivity index is 1.74. The molecular weight excluding hydrogens is 364 g/mol. The zero-order valence-corrected chi connectivity index (χ0v) is 15.5. The molecule has 1 aromatic heterocycles. The van der Waals surface area contributed by atoms with E-state index in [1.807, 2.05) is 6.92 Å². The van der Waals surface area contributed by atoms with Crippen LogP contribution in [0.3, 0.4) is 0 Å². The Labute approximate surface area is 152 Å². The lowest BCUT2D eigenvalue weighted by atomic mass is 10.2. The minimum Gasteiger partial charge on any atom is -0.496 e. The molecule has 0 N–H and O–H groups in total. The molecule has 0 radical (unpaired) electrons. The summed E-state index contributed by atoms with van der Waals surface area (Å²) < 4.78 is 38.1. The standard InChI is InChI=1S/C17H19ClN2O4S/c1-12-9-14(3-4-16(12)23-2)25(21,22)20-8-6-13(11-20)24-17-5-7-19-10-15(17)18/h3-5,7,9-10,13H,6,8,11H2,1-2H3/t13-/m1/s1. The molecule has 0 amide bonds. The van der Waals surface area contributed by atoms with Gasteiger partial charge in [0, 0.05) is 25.0 Å². The van der Waals surface area contributed by atoms with Crippen LogP contribution < -0.4 is 9.47 Å². The molecule has 2 aromatic rings. The van der Waals surface area contributed by atoms with Crippen LogP contribution in [0.4, 0.5) is 0 Å². The zero-order valence-electron chi connectivity index (χ0n) is 14.0. The predicted octanol–water partition coefficient (Wildman–Crippen LogP) is 2.89. The highest BCUT2D eigenvalue weighted by Crippen LogP contribution is 2.29. The van der Waals surface area contributed by atoms with Crippen molar-refractivity contribution in [2.75, 3.05) is 20.2 Å². The first-order valence-corrected chi connectivity index (χ1v) is 9.64.